The van der Waals surface area contributed by atoms with E-state index in [1.807, 2.05) is 0 Å². The summed E-state index contributed by atoms with van der Waals surface area (Å²) in [6.07, 6.45) is 8.77. The van der Waals surface area contributed by atoms with Gasteiger partial charge in [-0.3, -0.25) is 4.79 Å². The molecule has 0 aliphatic rings. The summed E-state index contributed by atoms with van der Waals surface area (Å²) in [6.45, 7) is 2.20. The third-order valence-electron chi connectivity index (χ3n) is 3.30. The van der Waals surface area contributed by atoms with Gasteiger partial charge in [0.15, 0.2) is 17.3 Å². The third-order valence-corrected chi connectivity index (χ3v) is 3.30. The second kappa shape index (κ2) is 8.57. The lowest BCUT2D eigenvalue weighted by molar-refractivity contribution is 0.0978. The van der Waals surface area contributed by atoms with E-state index >= 15 is 0 Å². The molecule has 0 aliphatic heterocycles. The lowest BCUT2D eigenvalue weighted by Gasteiger charge is -2.03. The Labute approximate surface area is 115 Å². The van der Waals surface area contributed by atoms with Crippen LogP contribution in [-0.4, -0.2) is 16.0 Å². The number of rotatable bonds is 9. The van der Waals surface area contributed by atoms with E-state index in [2.05, 4.69) is 6.92 Å². The first-order chi connectivity index (χ1) is 9.15. The van der Waals surface area contributed by atoms with Gasteiger partial charge in [-0.15, -0.1) is 0 Å². The Morgan fingerprint density at radius 1 is 0.947 bits per heavy atom. The molecule has 0 unspecified atom stereocenters. The molecule has 0 saturated carbocycles. The molecule has 0 bridgehead atoms. The highest BCUT2D eigenvalue weighted by Crippen LogP contribution is 2.25. The van der Waals surface area contributed by atoms with Crippen molar-refractivity contribution in [3.63, 3.8) is 0 Å². The first-order valence-electron chi connectivity index (χ1n) is 7.20. The molecule has 3 nitrogen and oxygen atoms in total. The molecular formula is C16H24O3. The SMILES string of the molecule is CCCCCCCCCC(=O)c1ccc(O)c(O)c1. The summed E-state index contributed by atoms with van der Waals surface area (Å²) >= 11 is 0. The van der Waals surface area contributed by atoms with Crippen molar-refractivity contribution >= 4 is 5.78 Å². The standard InChI is InChI=1S/C16H24O3/c1-2-3-4-5-6-7-8-9-14(17)13-10-11-15(18)16(19)12-13/h10-12,18-19H,2-9H2,1H3. The molecule has 1 rings (SSSR count). The van der Waals surface area contributed by atoms with E-state index < -0.39 is 0 Å². The highest BCUT2D eigenvalue weighted by Gasteiger charge is 2.08. The van der Waals surface area contributed by atoms with Gasteiger partial charge in [0.1, 0.15) is 0 Å². The fourth-order valence-electron chi connectivity index (χ4n) is 2.08. The lowest BCUT2D eigenvalue weighted by atomic mass is 10.0. The maximum atomic E-state index is 11.9. The number of carbonyl (C=O) groups excluding carboxylic acids is 1. The highest BCUT2D eigenvalue weighted by atomic mass is 16.3. The van der Waals surface area contributed by atoms with Gasteiger partial charge >= 0.3 is 0 Å². The van der Waals surface area contributed by atoms with Crippen LogP contribution in [0.1, 0.15) is 68.6 Å². The van der Waals surface area contributed by atoms with Crippen molar-refractivity contribution in [3.8, 4) is 11.5 Å². The van der Waals surface area contributed by atoms with E-state index in [4.69, 9.17) is 0 Å². The molecule has 19 heavy (non-hydrogen) atoms. The van der Waals surface area contributed by atoms with Crippen molar-refractivity contribution in [1.29, 1.82) is 0 Å². The quantitative estimate of drug-likeness (QED) is 0.394. The van der Waals surface area contributed by atoms with Crippen LogP contribution in [0.5, 0.6) is 11.5 Å². The van der Waals surface area contributed by atoms with Gasteiger partial charge in [-0.2, -0.15) is 0 Å². The van der Waals surface area contributed by atoms with Crippen molar-refractivity contribution in [2.75, 3.05) is 0 Å². The topological polar surface area (TPSA) is 57.5 Å². The summed E-state index contributed by atoms with van der Waals surface area (Å²) in [5.41, 5.74) is 0.473. The van der Waals surface area contributed by atoms with Crippen molar-refractivity contribution in [1.82, 2.24) is 0 Å². The maximum absolute atomic E-state index is 11.9. The zero-order valence-corrected chi connectivity index (χ0v) is 11.7. The number of benzene rings is 1. The maximum Gasteiger partial charge on any atom is 0.163 e. The smallest absolute Gasteiger partial charge is 0.163 e. The van der Waals surface area contributed by atoms with Crippen molar-refractivity contribution in [3.05, 3.63) is 23.8 Å². The Morgan fingerprint density at radius 3 is 2.21 bits per heavy atom. The number of phenolic OH excluding ortho intramolecular Hbond substituents is 2. The van der Waals surface area contributed by atoms with Gasteiger partial charge < -0.3 is 10.2 Å². The summed E-state index contributed by atoms with van der Waals surface area (Å²) in [7, 11) is 0. The molecule has 0 amide bonds. The van der Waals surface area contributed by atoms with Crippen LogP contribution in [0.2, 0.25) is 0 Å². The van der Waals surface area contributed by atoms with E-state index in [0.29, 0.717) is 12.0 Å². The zero-order chi connectivity index (χ0) is 14.1. The number of Topliss-reactive ketones (excluding diaryl/α,β-unsaturated/α-hetero) is 1. The lowest BCUT2D eigenvalue weighted by Crippen LogP contribution is -1.98. The second-order valence-corrected chi connectivity index (χ2v) is 5.00. The van der Waals surface area contributed by atoms with Gasteiger partial charge in [-0.05, 0) is 24.6 Å². The van der Waals surface area contributed by atoms with E-state index in [-0.39, 0.29) is 17.3 Å². The van der Waals surface area contributed by atoms with E-state index in [0.717, 1.165) is 12.8 Å². The number of ketones is 1. The predicted molar refractivity (Wildman–Crippen MR) is 76.7 cm³/mol. The van der Waals surface area contributed by atoms with Crippen LogP contribution in [0.4, 0.5) is 0 Å². The molecule has 106 valence electrons. The van der Waals surface area contributed by atoms with Crippen molar-refractivity contribution in [2.24, 2.45) is 0 Å². The van der Waals surface area contributed by atoms with Gasteiger partial charge in [0.05, 0.1) is 0 Å². The Hall–Kier alpha value is -1.51. The van der Waals surface area contributed by atoms with E-state index in [9.17, 15) is 15.0 Å². The minimum atomic E-state index is -0.231. The highest BCUT2D eigenvalue weighted by molar-refractivity contribution is 5.96. The molecular weight excluding hydrogens is 240 g/mol. The summed E-state index contributed by atoms with van der Waals surface area (Å²) in [5, 5.41) is 18.5. The minimum absolute atomic E-state index is 0.0314. The summed E-state index contributed by atoms with van der Waals surface area (Å²) < 4.78 is 0. The molecule has 2 N–H and O–H groups in total. The van der Waals surface area contributed by atoms with Crippen LogP contribution >= 0.6 is 0 Å². The summed E-state index contributed by atoms with van der Waals surface area (Å²) in [5.74, 6) is -0.387. The van der Waals surface area contributed by atoms with Gasteiger partial charge in [0.25, 0.3) is 0 Å². The number of phenols is 2. The van der Waals surface area contributed by atoms with Gasteiger partial charge in [0.2, 0.25) is 0 Å². The van der Waals surface area contributed by atoms with Crippen LogP contribution in [0.3, 0.4) is 0 Å². The van der Waals surface area contributed by atoms with Crippen LogP contribution in [-0.2, 0) is 0 Å². The molecule has 0 radical (unpaired) electrons. The zero-order valence-electron chi connectivity index (χ0n) is 11.7. The van der Waals surface area contributed by atoms with Crippen LogP contribution < -0.4 is 0 Å². The Kier molecular flexibility index (Phi) is 7.01. The van der Waals surface area contributed by atoms with Crippen molar-refractivity contribution < 1.29 is 15.0 Å². The van der Waals surface area contributed by atoms with E-state index in [1.165, 1.54) is 44.2 Å². The first-order valence-corrected chi connectivity index (χ1v) is 7.20. The molecule has 0 heterocycles. The molecule has 0 atom stereocenters. The molecule has 0 aliphatic carbocycles. The average Bonchev–Trinajstić information content (AvgIpc) is 2.40. The number of hydrogen-bond donors (Lipinski definition) is 2. The number of carbonyl (C=O) groups is 1. The predicted octanol–water partition coefficient (Wildman–Crippen LogP) is 4.42. The Balaban J connectivity index is 2.22. The average molecular weight is 264 g/mol. The van der Waals surface area contributed by atoms with Gasteiger partial charge in [-0.25, -0.2) is 0 Å². The van der Waals surface area contributed by atoms with Crippen LogP contribution in [0, 0.1) is 0 Å². The Morgan fingerprint density at radius 2 is 1.58 bits per heavy atom. The molecule has 0 aromatic heterocycles. The van der Waals surface area contributed by atoms with Crippen LogP contribution in [0.25, 0.3) is 0 Å². The van der Waals surface area contributed by atoms with Crippen molar-refractivity contribution in [2.45, 2.75) is 58.3 Å². The first kappa shape index (κ1) is 15.5. The monoisotopic (exact) mass is 264 g/mol. The Bertz CT molecular complexity index is 399. The molecule has 0 spiro atoms. The van der Waals surface area contributed by atoms with E-state index in [1.54, 1.807) is 6.07 Å². The normalized spacial score (nSPS) is 10.6. The number of unbranched alkanes of at least 4 members (excludes halogenated alkanes) is 6. The fourth-order valence-corrected chi connectivity index (χ4v) is 2.08. The molecule has 0 saturated heterocycles. The second-order valence-electron chi connectivity index (χ2n) is 5.00. The molecule has 1 aromatic carbocycles. The molecule has 0 fully saturated rings. The third kappa shape index (κ3) is 5.77. The summed E-state index contributed by atoms with van der Waals surface area (Å²) in [6, 6.07) is 4.24. The molecule has 3 heteroatoms. The minimum Gasteiger partial charge on any atom is -0.504 e. The van der Waals surface area contributed by atoms with Gasteiger partial charge in [0, 0.05) is 12.0 Å². The summed E-state index contributed by atoms with van der Waals surface area (Å²) in [4.78, 5) is 11.9. The fraction of sp³-hybridized carbons (Fsp3) is 0.562. The largest absolute Gasteiger partial charge is 0.504 e. The molecule has 1 aromatic rings. The number of aromatic hydroxyl groups is 2. The number of hydrogen-bond acceptors (Lipinski definition) is 3. The van der Waals surface area contributed by atoms with Crippen LogP contribution in [0.15, 0.2) is 18.2 Å². The van der Waals surface area contributed by atoms with Gasteiger partial charge in [-0.1, -0.05) is 45.4 Å².